The molecule has 3 rings (SSSR count). The second kappa shape index (κ2) is 6.41. The minimum Gasteiger partial charge on any atom is -0.324 e. The van der Waals surface area contributed by atoms with Crippen LogP contribution in [0.15, 0.2) is 18.2 Å². The molecule has 4 heteroatoms. The molecular weight excluding hydrogens is 270 g/mol. The first-order valence-corrected chi connectivity index (χ1v) is 8.10. The Bertz CT molecular complexity index is 492. The van der Waals surface area contributed by atoms with Gasteiger partial charge < -0.3 is 10.6 Å². The van der Waals surface area contributed by atoms with Gasteiger partial charge in [-0.05, 0) is 50.6 Å². The maximum Gasteiger partial charge on any atom is 0.163 e. The van der Waals surface area contributed by atoms with Gasteiger partial charge in [-0.3, -0.25) is 0 Å². The quantitative estimate of drug-likeness (QED) is 0.919. The molecule has 0 spiro atoms. The summed E-state index contributed by atoms with van der Waals surface area (Å²) in [6.07, 6.45) is 7.26. The zero-order valence-corrected chi connectivity index (χ0v) is 12.4. The Morgan fingerprint density at radius 2 is 2.00 bits per heavy atom. The van der Waals surface area contributed by atoms with Crippen molar-refractivity contribution in [2.24, 2.45) is 11.7 Å². The van der Waals surface area contributed by atoms with Gasteiger partial charge in [-0.1, -0.05) is 18.6 Å². The number of nitrogens with two attached hydrogens (primary N) is 1. The second-order valence-electron chi connectivity index (χ2n) is 6.47. The summed E-state index contributed by atoms with van der Waals surface area (Å²) in [6.45, 7) is 2.01. The van der Waals surface area contributed by atoms with E-state index in [2.05, 4.69) is 4.90 Å². The van der Waals surface area contributed by atoms with Crippen molar-refractivity contribution < 1.29 is 8.78 Å². The van der Waals surface area contributed by atoms with Crippen molar-refractivity contribution in [3.05, 3.63) is 35.4 Å². The van der Waals surface area contributed by atoms with Gasteiger partial charge in [-0.25, -0.2) is 8.78 Å². The lowest BCUT2D eigenvalue weighted by molar-refractivity contribution is 0.109. The van der Waals surface area contributed by atoms with Crippen LogP contribution in [0.3, 0.4) is 0 Å². The number of rotatable bonds is 4. The van der Waals surface area contributed by atoms with E-state index in [1.807, 2.05) is 0 Å². The Hall–Kier alpha value is -1.00. The summed E-state index contributed by atoms with van der Waals surface area (Å²) in [4.78, 5) is 2.53. The van der Waals surface area contributed by atoms with Crippen LogP contribution in [0.1, 0.15) is 50.1 Å². The van der Waals surface area contributed by atoms with Crippen LogP contribution in [0.2, 0.25) is 0 Å². The molecule has 1 saturated heterocycles. The molecule has 2 aliphatic rings. The van der Waals surface area contributed by atoms with E-state index >= 15 is 0 Å². The lowest BCUT2D eigenvalue weighted by Gasteiger charge is -2.38. The van der Waals surface area contributed by atoms with Crippen molar-refractivity contribution >= 4 is 0 Å². The van der Waals surface area contributed by atoms with Crippen molar-refractivity contribution in [3.63, 3.8) is 0 Å². The molecule has 2 N–H and O–H groups in total. The summed E-state index contributed by atoms with van der Waals surface area (Å²) in [5.41, 5.74) is 6.39. The Kier molecular flexibility index (Phi) is 4.55. The van der Waals surface area contributed by atoms with Gasteiger partial charge in [0.15, 0.2) is 11.6 Å². The second-order valence-corrected chi connectivity index (χ2v) is 6.47. The lowest BCUT2D eigenvalue weighted by atomic mass is 9.91. The molecule has 21 heavy (non-hydrogen) atoms. The molecular formula is C17H24F2N2. The van der Waals surface area contributed by atoms with Crippen LogP contribution in [-0.2, 0) is 0 Å². The number of fused-ring (bicyclic) bond motifs is 1. The first-order valence-electron chi connectivity index (χ1n) is 8.10. The van der Waals surface area contributed by atoms with Gasteiger partial charge >= 0.3 is 0 Å². The van der Waals surface area contributed by atoms with E-state index in [9.17, 15) is 8.78 Å². The molecule has 0 bridgehead atoms. The summed E-state index contributed by atoms with van der Waals surface area (Å²) in [5.74, 6) is -0.750. The largest absolute Gasteiger partial charge is 0.324 e. The zero-order valence-electron chi connectivity index (χ0n) is 12.4. The van der Waals surface area contributed by atoms with Crippen LogP contribution in [-0.4, -0.2) is 24.0 Å². The van der Waals surface area contributed by atoms with Gasteiger partial charge in [0.1, 0.15) is 0 Å². The van der Waals surface area contributed by atoms with E-state index in [4.69, 9.17) is 5.73 Å². The molecule has 0 aromatic heterocycles. The Morgan fingerprint density at radius 3 is 2.86 bits per heavy atom. The molecule has 2 nitrogen and oxygen atoms in total. The molecule has 2 fully saturated rings. The average Bonchev–Trinajstić information content (AvgIpc) is 2.96. The third-order valence-electron chi connectivity index (χ3n) is 5.22. The van der Waals surface area contributed by atoms with Crippen molar-refractivity contribution in [1.82, 2.24) is 4.90 Å². The summed E-state index contributed by atoms with van der Waals surface area (Å²) in [7, 11) is 0. The summed E-state index contributed by atoms with van der Waals surface area (Å²) in [5, 5.41) is 0. The summed E-state index contributed by atoms with van der Waals surface area (Å²) >= 11 is 0. The molecule has 116 valence electrons. The third kappa shape index (κ3) is 3.11. The minimum absolute atomic E-state index is 0.301. The Labute approximate surface area is 125 Å². The molecule has 1 aliphatic carbocycles. The normalized spacial score (nSPS) is 27.6. The molecule has 1 heterocycles. The van der Waals surface area contributed by atoms with E-state index in [1.54, 1.807) is 6.07 Å². The smallest absolute Gasteiger partial charge is 0.163 e. The van der Waals surface area contributed by atoms with Crippen LogP contribution in [0, 0.1) is 17.6 Å². The fraction of sp³-hybridized carbons (Fsp3) is 0.647. The fourth-order valence-corrected chi connectivity index (χ4v) is 4.10. The van der Waals surface area contributed by atoms with Crippen molar-refractivity contribution in [2.45, 2.75) is 50.6 Å². The number of hydrogen-bond acceptors (Lipinski definition) is 2. The van der Waals surface area contributed by atoms with Gasteiger partial charge in [0.05, 0.1) is 0 Å². The van der Waals surface area contributed by atoms with Gasteiger partial charge in [0.25, 0.3) is 0 Å². The van der Waals surface area contributed by atoms with E-state index in [0.717, 1.165) is 25.1 Å². The molecule has 0 amide bonds. The summed E-state index contributed by atoms with van der Waals surface area (Å²) < 4.78 is 27.0. The lowest BCUT2D eigenvalue weighted by Crippen LogP contribution is -2.43. The van der Waals surface area contributed by atoms with Gasteiger partial charge in [-0.2, -0.15) is 0 Å². The molecule has 3 atom stereocenters. The maximum atomic E-state index is 13.8. The van der Waals surface area contributed by atoms with E-state index < -0.39 is 17.7 Å². The first-order chi connectivity index (χ1) is 10.2. The van der Waals surface area contributed by atoms with Crippen LogP contribution >= 0.6 is 0 Å². The first kappa shape index (κ1) is 14.9. The van der Waals surface area contributed by atoms with Gasteiger partial charge in [0, 0.05) is 24.2 Å². The maximum absolute atomic E-state index is 13.8. The number of halogens is 2. The zero-order chi connectivity index (χ0) is 14.8. The fourth-order valence-electron chi connectivity index (χ4n) is 4.10. The topological polar surface area (TPSA) is 29.3 Å². The molecule has 0 radical (unpaired) electrons. The highest BCUT2D eigenvalue weighted by atomic mass is 19.2. The molecule has 3 unspecified atom stereocenters. The van der Waals surface area contributed by atoms with Gasteiger partial charge in [0.2, 0.25) is 0 Å². The van der Waals surface area contributed by atoms with Crippen molar-refractivity contribution in [3.8, 4) is 0 Å². The monoisotopic (exact) mass is 294 g/mol. The predicted molar refractivity (Wildman–Crippen MR) is 79.8 cm³/mol. The minimum atomic E-state index is -0.809. The summed E-state index contributed by atoms with van der Waals surface area (Å²) in [6, 6.07) is 4.53. The number of likely N-dealkylation sites (tertiary alicyclic amines) is 1. The van der Waals surface area contributed by atoms with Crippen molar-refractivity contribution in [1.29, 1.82) is 0 Å². The van der Waals surface area contributed by atoms with Crippen molar-refractivity contribution in [2.75, 3.05) is 13.1 Å². The highest BCUT2D eigenvalue weighted by Gasteiger charge is 2.34. The molecule has 1 aromatic rings. The van der Waals surface area contributed by atoms with Crippen LogP contribution < -0.4 is 5.73 Å². The average molecular weight is 294 g/mol. The van der Waals surface area contributed by atoms with E-state index in [0.29, 0.717) is 18.0 Å². The molecule has 1 aliphatic heterocycles. The van der Waals surface area contributed by atoms with E-state index in [1.165, 1.54) is 38.2 Å². The number of benzene rings is 1. The predicted octanol–water partition coefficient (Wildman–Crippen LogP) is 3.62. The van der Waals surface area contributed by atoms with Gasteiger partial charge in [-0.15, -0.1) is 0 Å². The SMILES string of the molecule is NC(CCN1CCCC2CCCC21)c1cccc(F)c1F. The molecule has 1 saturated carbocycles. The third-order valence-corrected chi connectivity index (χ3v) is 5.22. The Morgan fingerprint density at radius 1 is 1.19 bits per heavy atom. The number of hydrogen-bond donors (Lipinski definition) is 1. The highest BCUT2D eigenvalue weighted by Crippen LogP contribution is 2.37. The van der Waals surface area contributed by atoms with Crippen LogP contribution in [0.25, 0.3) is 0 Å². The number of piperidine rings is 1. The molecule has 1 aromatic carbocycles. The van der Waals surface area contributed by atoms with Crippen LogP contribution in [0.5, 0.6) is 0 Å². The Balaban J connectivity index is 1.60. The number of nitrogens with zero attached hydrogens (tertiary/aromatic N) is 1. The standard InChI is InChI=1S/C17H24F2N2/c18-14-7-2-6-13(17(14)19)15(20)9-11-21-10-3-5-12-4-1-8-16(12)21/h2,6-7,12,15-16H,1,3-5,8-11,20H2. The van der Waals surface area contributed by atoms with Crippen LogP contribution in [0.4, 0.5) is 8.78 Å². The highest BCUT2D eigenvalue weighted by molar-refractivity contribution is 5.22. The van der Waals surface area contributed by atoms with E-state index in [-0.39, 0.29) is 0 Å².